The third-order valence-corrected chi connectivity index (χ3v) is 3.82. The molecule has 0 aliphatic carbocycles. The number of methoxy groups -OCH3 is 1. The molecule has 7 nitrogen and oxygen atoms in total. The fourth-order valence-corrected chi connectivity index (χ4v) is 2.67. The Bertz CT molecular complexity index is 979. The number of pyridine rings is 1. The summed E-state index contributed by atoms with van der Waals surface area (Å²) in [4.78, 5) is 27.1. The molecule has 0 radical (unpaired) electrons. The van der Waals surface area contributed by atoms with Crippen LogP contribution >= 0.6 is 11.6 Å². The first-order chi connectivity index (χ1) is 12.0. The SMILES string of the molecule is COc1cn(CC(=O)O)c(=O)cc1-c1cc(Cl)ccc1-c1cnco1. The first kappa shape index (κ1) is 16.8. The molecule has 128 valence electrons. The van der Waals surface area contributed by atoms with E-state index in [1.807, 2.05) is 0 Å². The van der Waals surface area contributed by atoms with Crippen LogP contribution in [0.4, 0.5) is 0 Å². The number of oxazole rings is 1. The van der Waals surface area contributed by atoms with E-state index in [0.717, 1.165) is 4.57 Å². The molecule has 0 spiro atoms. The van der Waals surface area contributed by atoms with Gasteiger partial charge in [0.05, 0.1) is 19.5 Å². The zero-order valence-electron chi connectivity index (χ0n) is 13.1. The molecule has 8 heteroatoms. The summed E-state index contributed by atoms with van der Waals surface area (Å²) in [6.45, 7) is -0.458. The van der Waals surface area contributed by atoms with E-state index in [1.165, 1.54) is 25.8 Å². The van der Waals surface area contributed by atoms with Crippen molar-refractivity contribution in [3.05, 3.63) is 58.4 Å². The van der Waals surface area contributed by atoms with Gasteiger partial charge in [-0.2, -0.15) is 0 Å². The molecular formula is C17H13ClN2O5. The predicted molar refractivity (Wildman–Crippen MR) is 90.8 cm³/mol. The Hall–Kier alpha value is -3.06. The summed E-state index contributed by atoms with van der Waals surface area (Å²) >= 11 is 6.12. The first-order valence-corrected chi connectivity index (χ1v) is 7.56. The lowest BCUT2D eigenvalue weighted by Gasteiger charge is -2.14. The lowest BCUT2D eigenvalue weighted by molar-refractivity contribution is -0.137. The van der Waals surface area contributed by atoms with Gasteiger partial charge in [-0.1, -0.05) is 11.6 Å². The molecule has 0 aliphatic rings. The second-order valence-corrected chi connectivity index (χ2v) is 5.61. The third kappa shape index (κ3) is 3.41. The fourth-order valence-electron chi connectivity index (χ4n) is 2.50. The lowest BCUT2D eigenvalue weighted by Crippen LogP contribution is -2.23. The molecule has 0 saturated heterocycles. The molecule has 0 saturated carbocycles. The predicted octanol–water partition coefficient (Wildman–Crippen LogP) is 2.92. The molecule has 3 aromatic rings. The summed E-state index contributed by atoms with van der Waals surface area (Å²) in [5.74, 6) is -0.283. The summed E-state index contributed by atoms with van der Waals surface area (Å²) in [5.41, 5.74) is 1.29. The van der Waals surface area contributed by atoms with E-state index in [9.17, 15) is 9.59 Å². The van der Waals surface area contributed by atoms with E-state index in [1.54, 1.807) is 24.4 Å². The molecule has 1 aromatic carbocycles. The van der Waals surface area contributed by atoms with E-state index in [0.29, 0.717) is 33.2 Å². The molecule has 25 heavy (non-hydrogen) atoms. The molecular weight excluding hydrogens is 348 g/mol. The van der Waals surface area contributed by atoms with Crippen LogP contribution in [0.1, 0.15) is 0 Å². The summed E-state index contributed by atoms with van der Waals surface area (Å²) in [5, 5.41) is 9.38. The number of carboxylic acids is 1. The zero-order chi connectivity index (χ0) is 18.0. The van der Waals surface area contributed by atoms with Crippen LogP contribution in [0.15, 0.2) is 52.3 Å². The topological polar surface area (TPSA) is 94.6 Å². The van der Waals surface area contributed by atoms with Crippen molar-refractivity contribution in [1.29, 1.82) is 0 Å². The number of halogens is 1. The number of hydrogen-bond acceptors (Lipinski definition) is 5. The number of rotatable bonds is 5. The van der Waals surface area contributed by atoms with E-state index >= 15 is 0 Å². The highest BCUT2D eigenvalue weighted by Gasteiger charge is 2.17. The first-order valence-electron chi connectivity index (χ1n) is 7.18. The van der Waals surface area contributed by atoms with Crippen LogP contribution < -0.4 is 10.3 Å². The average Bonchev–Trinajstić information content (AvgIpc) is 3.10. The molecule has 0 aliphatic heterocycles. The van der Waals surface area contributed by atoms with E-state index in [-0.39, 0.29) is 0 Å². The summed E-state index contributed by atoms with van der Waals surface area (Å²) in [7, 11) is 1.44. The van der Waals surface area contributed by atoms with Gasteiger partial charge in [0.15, 0.2) is 12.2 Å². The Morgan fingerprint density at radius 1 is 1.32 bits per heavy atom. The molecule has 0 fully saturated rings. The number of hydrogen-bond donors (Lipinski definition) is 1. The minimum absolute atomic E-state index is 0.337. The van der Waals surface area contributed by atoms with E-state index < -0.39 is 18.1 Å². The molecule has 0 bridgehead atoms. The third-order valence-electron chi connectivity index (χ3n) is 3.58. The van der Waals surface area contributed by atoms with Crippen LogP contribution in [0.25, 0.3) is 22.5 Å². The van der Waals surface area contributed by atoms with E-state index in [4.69, 9.17) is 25.9 Å². The number of ether oxygens (including phenoxy) is 1. The minimum atomic E-state index is -1.12. The average molecular weight is 361 g/mol. The quantitative estimate of drug-likeness (QED) is 0.751. The van der Waals surface area contributed by atoms with Gasteiger partial charge in [0.25, 0.3) is 5.56 Å². The van der Waals surface area contributed by atoms with Gasteiger partial charge in [0, 0.05) is 22.2 Å². The Morgan fingerprint density at radius 2 is 2.12 bits per heavy atom. The van der Waals surface area contributed by atoms with Crippen molar-refractivity contribution in [2.24, 2.45) is 0 Å². The van der Waals surface area contributed by atoms with Gasteiger partial charge < -0.3 is 18.8 Å². The van der Waals surface area contributed by atoms with Gasteiger partial charge >= 0.3 is 5.97 Å². The summed E-state index contributed by atoms with van der Waals surface area (Å²) in [6, 6.07) is 6.44. The van der Waals surface area contributed by atoms with Gasteiger partial charge in [0.2, 0.25) is 0 Å². The van der Waals surface area contributed by atoms with Crippen LogP contribution in [0, 0.1) is 0 Å². The van der Waals surface area contributed by atoms with Crippen molar-refractivity contribution in [2.75, 3.05) is 7.11 Å². The van der Waals surface area contributed by atoms with Crippen LogP contribution in [-0.2, 0) is 11.3 Å². The normalized spacial score (nSPS) is 10.6. The minimum Gasteiger partial charge on any atom is -0.495 e. The van der Waals surface area contributed by atoms with Crippen LogP contribution in [0.3, 0.4) is 0 Å². The molecule has 0 atom stereocenters. The number of benzene rings is 1. The zero-order valence-corrected chi connectivity index (χ0v) is 13.9. The summed E-state index contributed by atoms with van der Waals surface area (Å²) in [6.07, 6.45) is 4.21. The van der Waals surface area contributed by atoms with Crippen molar-refractivity contribution in [3.8, 4) is 28.2 Å². The molecule has 1 N–H and O–H groups in total. The Labute approximate surface area is 147 Å². The highest BCUT2D eigenvalue weighted by molar-refractivity contribution is 6.31. The number of carboxylic acid groups (broad SMARTS) is 1. The maximum absolute atomic E-state index is 12.3. The van der Waals surface area contributed by atoms with E-state index in [2.05, 4.69) is 4.98 Å². The van der Waals surface area contributed by atoms with Gasteiger partial charge in [-0.3, -0.25) is 9.59 Å². The second kappa shape index (κ2) is 6.82. The van der Waals surface area contributed by atoms with Crippen molar-refractivity contribution < 1.29 is 19.1 Å². The Kier molecular flexibility index (Phi) is 4.58. The van der Waals surface area contributed by atoms with Crippen molar-refractivity contribution in [3.63, 3.8) is 0 Å². The maximum Gasteiger partial charge on any atom is 0.323 e. The monoisotopic (exact) mass is 360 g/mol. The number of nitrogens with zero attached hydrogens (tertiary/aromatic N) is 2. The van der Waals surface area contributed by atoms with Gasteiger partial charge in [-0.05, 0) is 23.8 Å². The largest absolute Gasteiger partial charge is 0.495 e. The smallest absolute Gasteiger partial charge is 0.323 e. The molecule has 3 rings (SSSR count). The molecule has 2 heterocycles. The lowest BCUT2D eigenvalue weighted by atomic mass is 9.98. The van der Waals surface area contributed by atoms with Gasteiger partial charge in [-0.15, -0.1) is 0 Å². The molecule has 0 unspecified atom stereocenters. The van der Waals surface area contributed by atoms with Crippen molar-refractivity contribution in [1.82, 2.24) is 9.55 Å². The maximum atomic E-state index is 12.3. The highest BCUT2D eigenvalue weighted by Crippen LogP contribution is 2.37. The standard InChI is InChI=1S/C17H13ClN2O5/c1-24-15-7-20(8-17(22)23)16(21)5-13(15)12-4-10(18)2-3-11(12)14-6-19-9-25-14/h2-7,9H,8H2,1H3,(H,22,23). The van der Waals surface area contributed by atoms with Crippen molar-refractivity contribution in [2.45, 2.75) is 6.54 Å². The van der Waals surface area contributed by atoms with Crippen LogP contribution in [0.2, 0.25) is 5.02 Å². The van der Waals surface area contributed by atoms with Crippen LogP contribution in [-0.4, -0.2) is 27.7 Å². The number of carbonyl (C=O) groups is 1. The highest BCUT2D eigenvalue weighted by atomic mass is 35.5. The number of aliphatic carboxylic acids is 1. The summed E-state index contributed by atoms with van der Waals surface area (Å²) < 4.78 is 11.8. The molecule has 0 amide bonds. The Balaban J connectivity index is 2.23. The van der Waals surface area contributed by atoms with Gasteiger partial charge in [0.1, 0.15) is 12.3 Å². The molecule has 2 aromatic heterocycles. The number of aromatic nitrogens is 2. The second-order valence-electron chi connectivity index (χ2n) is 5.17. The van der Waals surface area contributed by atoms with Crippen LogP contribution in [0.5, 0.6) is 5.75 Å². The van der Waals surface area contributed by atoms with Crippen molar-refractivity contribution >= 4 is 17.6 Å². The fraction of sp³-hybridized carbons (Fsp3) is 0.118. The Morgan fingerprint density at radius 3 is 2.76 bits per heavy atom. The van der Waals surface area contributed by atoms with Gasteiger partial charge in [-0.25, -0.2) is 4.98 Å².